The first-order valence-corrected chi connectivity index (χ1v) is 13.1. The fourth-order valence-electron chi connectivity index (χ4n) is 3.79. The molecule has 0 saturated heterocycles. The zero-order chi connectivity index (χ0) is 24.9. The summed E-state index contributed by atoms with van der Waals surface area (Å²) in [6.07, 6.45) is 10.8. The van der Waals surface area contributed by atoms with Crippen LogP contribution in [-0.2, 0) is 43.9 Å². The third kappa shape index (κ3) is 9.86. The molecule has 0 fully saturated rings. The molecule has 0 radical (unpaired) electrons. The molecule has 0 spiro atoms. The van der Waals surface area contributed by atoms with Gasteiger partial charge in [-0.25, -0.2) is 9.19 Å². The lowest BCUT2D eigenvalue weighted by atomic mass is 10.1. The number of rotatable bonds is 17. The maximum atomic E-state index is 10.9. The first-order chi connectivity index (χ1) is 17.1. The molecule has 0 aliphatic rings. The normalized spacial score (nSPS) is 12.3. The van der Waals surface area contributed by atoms with Crippen LogP contribution in [-0.4, -0.2) is 57.8 Å². The van der Waals surface area contributed by atoms with E-state index in [0.717, 1.165) is 68.7 Å². The summed E-state index contributed by atoms with van der Waals surface area (Å²) in [5, 5.41) is 8.63. The molecule has 0 amide bonds. The topological polar surface area (TPSA) is 153 Å². The highest BCUT2D eigenvalue weighted by Crippen LogP contribution is 2.13. The van der Waals surface area contributed by atoms with Gasteiger partial charge in [0.1, 0.15) is 0 Å². The standard InChI is InChI=1S/C23H37N9O2S/c24-10-1-3-12-31-16-22(26-19-31)15-30(17-23-18-32(29-27-23)13-4-2-11-25)14-9-20-5-7-21(8-6-20)28-35(33)34/h5-8,16,18-19,28H,1-4,9-15,17,24-25H2,(H,33,34). The Labute approximate surface area is 209 Å². The van der Waals surface area contributed by atoms with E-state index in [1.54, 1.807) is 0 Å². The van der Waals surface area contributed by atoms with Gasteiger partial charge in [0, 0.05) is 50.8 Å². The van der Waals surface area contributed by atoms with E-state index in [1.807, 2.05) is 41.5 Å². The maximum Gasteiger partial charge on any atom is 0.259 e. The number of nitrogens with zero attached hydrogens (tertiary/aromatic N) is 6. The van der Waals surface area contributed by atoms with Gasteiger partial charge in [-0.2, -0.15) is 0 Å². The number of imidazole rings is 1. The summed E-state index contributed by atoms with van der Waals surface area (Å²) in [6.45, 7) is 5.29. The third-order valence-electron chi connectivity index (χ3n) is 5.63. The molecular weight excluding hydrogens is 466 g/mol. The lowest BCUT2D eigenvalue weighted by Gasteiger charge is -2.20. The van der Waals surface area contributed by atoms with Gasteiger partial charge in [0.15, 0.2) is 0 Å². The Morgan fingerprint density at radius 1 is 0.971 bits per heavy atom. The summed E-state index contributed by atoms with van der Waals surface area (Å²) in [6, 6.07) is 7.55. The summed E-state index contributed by atoms with van der Waals surface area (Å²) < 4.78 is 26.4. The Balaban J connectivity index is 1.62. The summed E-state index contributed by atoms with van der Waals surface area (Å²) in [5.74, 6) is 0. The summed E-state index contributed by atoms with van der Waals surface area (Å²) in [5.41, 5.74) is 14.9. The second-order valence-corrected chi connectivity index (χ2v) is 9.28. The minimum atomic E-state index is -2.08. The number of nitrogens with two attached hydrogens (primary N) is 2. The zero-order valence-electron chi connectivity index (χ0n) is 20.1. The lowest BCUT2D eigenvalue weighted by molar-refractivity contribution is 0.254. The van der Waals surface area contributed by atoms with Gasteiger partial charge < -0.3 is 16.0 Å². The summed E-state index contributed by atoms with van der Waals surface area (Å²) in [4.78, 5) is 6.92. The molecule has 2 aromatic heterocycles. The van der Waals surface area contributed by atoms with Gasteiger partial charge in [-0.3, -0.25) is 18.9 Å². The maximum absolute atomic E-state index is 10.9. The molecule has 1 unspecified atom stereocenters. The van der Waals surface area contributed by atoms with Crippen molar-refractivity contribution in [2.45, 2.75) is 58.3 Å². The van der Waals surface area contributed by atoms with Gasteiger partial charge in [0.2, 0.25) is 0 Å². The number of hydrogen-bond acceptors (Lipinski definition) is 7. The number of aromatic nitrogens is 5. The Bertz CT molecular complexity index is 972. The van der Waals surface area contributed by atoms with Gasteiger partial charge in [-0.1, -0.05) is 17.3 Å². The van der Waals surface area contributed by atoms with Gasteiger partial charge in [0.05, 0.1) is 17.7 Å². The second kappa shape index (κ2) is 14.7. The van der Waals surface area contributed by atoms with Crippen molar-refractivity contribution in [1.29, 1.82) is 0 Å². The van der Waals surface area contributed by atoms with Crippen molar-refractivity contribution in [3.8, 4) is 0 Å². The number of nitrogens with one attached hydrogen (secondary N) is 1. The van der Waals surface area contributed by atoms with Crippen LogP contribution in [0.1, 0.15) is 42.6 Å². The molecule has 192 valence electrons. The molecule has 35 heavy (non-hydrogen) atoms. The molecule has 0 saturated carbocycles. The average Bonchev–Trinajstić information content (AvgIpc) is 3.48. The summed E-state index contributed by atoms with van der Waals surface area (Å²) >= 11 is -2.08. The molecule has 11 nitrogen and oxygen atoms in total. The Kier molecular flexibility index (Phi) is 11.3. The molecular formula is C23H37N9O2S. The van der Waals surface area contributed by atoms with Crippen LogP contribution in [0.25, 0.3) is 0 Å². The van der Waals surface area contributed by atoms with Crippen molar-refractivity contribution < 1.29 is 8.76 Å². The van der Waals surface area contributed by atoms with Crippen LogP contribution in [0, 0.1) is 0 Å². The van der Waals surface area contributed by atoms with Crippen LogP contribution in [0.5, 0.6) is 0 Å². The van der Waals surface area contributed by atoms with Gasteiger partial charge in [-0.05, 0) is 62.9 Å². The highest BCUT2D eigenvalue weighted by atomic mass is 32.2. The Hall–Kier alpha value is -2.64. The minimum absolute atomic E-state index is 0.609. The second-order valence-electron chi connectivity index (χ2n) is 8.58. The molecule has 6 N–H and O–H groups in total. The van der Waals surface area contributed by atoms with Gasteiger partial charge >= 0.3 is 0 Å². The largest absolute Gasteiger partial charge is 0.337 e. The number of benzene rings is 1. The van der Waals surface area contributed by atoms with Crippen molar-refractivity contribution in [2.75, 3.05) is 24.4 Å². The number of hydrogen-bond donors (Lipinski definition) is 4. The predicted octanol–water partition coefficient (Wildman–Crippen LogP) is 1.75. The quantitative estimate of drug-likeness (QED) is 0.160. The fourth-order valence-corrected chi connectivity index (χ4v) is 4.12. The number of aryl methyl sites for hydroxylation is 2. The van der Waals surface area contributed by atoms with E-state index in [4.69, 9.17) is 16.0 Å². The zero-order valence-corrected chi connectivity index (χ0v) is 20.9. The first kappa shape index (κ1) is 27.0. The van der Waals surface area contributed by atoms with E-state index >= 15 is 0 Å². The number of unbranched alkanes of at least 4 members (excludes halogenated alkanes) is 2. The van der Waals surface area contributed by atoms with E-state index in [1.165, 1.54) is 0 Å². The van der Waals surface area contributed by atoms with Crippen LogP contribution >= 0.6 is 0 Å². The molecule has 0 aliphatic heterocycles. The SMILES string of the molecule is NCCCCn1cnc(CN(CCc2ccc(NS(=O)O)cc2)Cc2cn(CCCCN)nn2)c1. The minimum Gasteiger partial charge on any atom is -0.337 e. The van der Waals surface area contributed by atoms with E-state index in [-0.39, 0.29) is 0 Å². The van der Waals surface area contributed by atoms with Crippen molar-refractivity contribution in [1.82, 2.24) is 29.4 Å². The van der Waals surface area contributed by atoms with Crippen molar-refractivity contribution in [3.63, 3.8) is 0 Å². The third-order valence-corrected chi connectivity index (χ3v) is 6.04. The molecule has 2 heterocycles. The van der Waals surface area contributed by atoms with Crippen molar-refractivity contribution >= 4 is 17.0 Å². The predicted molar refractivity (Wildman–Crippen MR) is 137 cm³/mol. The molecule has 0 bridgehead atoms. The monoisotopic (exact) mass is 503 g/mol. The van der Waals surface area contributed by atoms with Crippen LogP contribution in [0.3, 0.4) is 0 Å². The van der Waals surface area contributed by atoms with E-state index in [2.05, 4.69) is 35.7 Å². The van der Waals surface area contributed by atoms with Gasteiger partial charge in [0.25, 0.3) is 11.3 Å². The first-order valence-electron chi connectivity index (χ1n) is 12.0. The van der Waals surface area contributed by atoms with Crippen LogP contribution < -0.4 is 16.2 Å². The Morgan fingerprint density at radius 2 is 1.69 bits per heavy atom. The van der Waals surface area contributed by atoms with E-state index < -0.39 is 11.3 Å². The molecule has 1 atom stereocenters. The smallest absolute Gasteiger partial charge is 0.259 e. The highest BCUT2D eigenvalue weighted by Gasteiger charge is 2.12. The Morgan fingerprint density at radius 3 is 2.40 bits per heavy atom. The lowest BCUT2D eigenvalue weighted by Crippen LogP contribution is -2.25. The molecule has 3 rings (SSSR count). The molecule has 0 aliphatic carbocycles. The fraction of sp³-hybridized carbons (Fsp3) is 0.522. The van der Waals surface area contributed by atoms with Crippen LogP contribution in [0.2, 0.25) is 0 Å². The van der Waals surface area contributed by atoms with Gasteiger partial charge in [-0.15, -0.1) is 5.10 Å². The summed E-state index contributed by atoms with van der Waals surface area (Å²) in [7, 11) is 0. The van der Waals surface area contributed by atoms with Crippen LogP contribution in [0.15, 0.2) is 43.0 Å². The van der Waals surface area contributed by atoms with Crippen LogP contribution in [0.4, 0.5) is 5.69 Å². The molecule has 3 aromatic rings. The highest BCUT2D eigenvalue weighted by molar-refractivity contribution is 7.80. The van der Waals surface area contributed by atoms with E-state index in [9.17, 15) is 4.21 Å². The van der Waals surface area contributed by atoms with Crippen molar-refractivity contribution in [3.05, 3.63) is 59.9 Å². The van der Waals surface area contributed by atoms with Crippen molar-refractivity contribution in [2.24, 2.45) is 11.5 Å². The average molecular weight is 504 g/mol. The van der Waals surface area contributed by atoms with E-state index in [0.29, 0.717) is 31.9 Å². The molecule has 12 heteroatoms. The number of anilines is 1. The molecule has 1 aromatic carbocycles.